The summed E-state index contributed by atoms with van der Waals surface area (Å²) in [4.78, 5) is 0. The van der Waals surface area contributed by atoms with Crippen molar-refractivity contribution in [3.05, 3.63) is 29.8 Å². The fourth-order valence-electron chi connectivity index (χ4n) is 2.97. The normalized spacial score (nSPS) is 23.0. The van der Waals surface area contributed by atoms with Gasteiger partial charge in [0, 0.05) is 12.1 Å². The summed E-state index contributed by atoms with van der Waals surface area (Å²) in [6.07, 6.45) is 3.63. The first kappa shape index (κ1) is 15.2. The van der Waals surface area contributed by atoms with E-state index < -0.39 is 6.61 Å². The summed E-state index contributed by atoms with van der Waals surface area (Å²) in [6.45, 7) is 3.94. The van der Waals surface area contributed by atoms with Crippen LogP contribution in [0, 0.1) is 5.41 Å². The van der Waals surface area contributed by atoms with Gasteiger partial charge in [-0.2, -0.15) is 8.78 Å². The summed E-state index contributed by atoms with van der Waals surface area (Å²) >= 11 is 0. The molecule has 1 aromatic rings. The second-order valence-corrected chi connectivity index (χ2v) is 6.44. The molecule has 0 bridgehead atoms. The second-order valence-electron chi connectivity index (χ2n) is 6.44. The van der Waals surface area contributed by atoms with E-state index in [4.69, 9.17) is 0 Å². The third-order valence-corrected chi connectivity index (χ3v) is 4.06. The van der Waals surface area contributed by atoms with Gasteiger partial charge in [0.1, 0.15) is 5.75 Å². The summed E-state index contributed by atoms with van der Waals surface area (Å²) in [5, 5.41) is 3.62. The van der Waals surface area contributed by atoms with Crippen LogP contribution in [0.2, 0.25) is 0 Å². The molecule has 2 nitrogen and oxygen atoms in total. The minimum absolute atomic E-state index is 0.206. The molecule has 2 rings (SSSR count). The van der Waals surface area contributed by atoms with Crippen LogP contribution < -0.4 is 10.1 Å². The molecule has 0 spiro atoms. The number of ether oxygens (including phenoxy) is 1. The lowest BCUT2D eigenvalue weighted by Crippen LogP contribution is -2.30. The Kier molecular flexibility index (Phi) is 4.63. The molecule has 0 heterocycles. The molecule has 0 aliphatic heterocycles. The maximum atomic E-state index is 12.1. The first-order valence-corrected chi connectivity index (χ1v) is 7.16. The molecule has 1 saturated carbocycles. The molecule has 0 radical (unpaired) electrons. The zero-order valence-electron chi connectivity index (χ0n) is 12.3. The fourth-order valence-corrected chi connectivity index (χ4v) is 2.97. The molecular formula is C16H23F2NO. The third kappa shape index (κ3) is 4.17. The Labute approximate surface area is 119 Å². The van der Waals surface area contributed by atoms with Gasteiger partial charge in [-0.3, -0.25) is 0 Å². The number of nitrogens with one attached hydrogen (secondary N) is 1. The van der Waals surface area contributed by atoms with E-state index in [1.807, 2.05) is 12.1 Å². The van der Waals surface area contributed by atoms with E-state index in [9.17, 15) is 8.78 Å². The lowest BCUT2D eigenvalue weighted by atomic mass is 9.91. The lowest BCUT2D eigenvalue weighted by molar-refractivity contribution is -0.0498. The molecule has 1 N–H and O–H groups in total. The van der Waals surface area contributed by atoms with Gasteiger partial charge in [0.05, 0.1) is 0 Å². The predicted octanol–water partition coefficient (Wildman–Crippen LogP) is 4.52. The second kappa shape index (κ2) is 6.08. The van der Waals surface area contributed by atoms with Crippen molar-refractivity contribution in [3.8, 4) is 5.75 Å². The Balaban J connectivity index is 1.91. The monoisotopic (exact) mass is 283 g/mol. The highest BCUT2D eigenvalue weighted by Gasteiger charge is 2.31. The summed E-state index contributed by atoms with van der Waals surface area (Å²) in [7, 11) is 0. The van der Waals surface area contributed by atoms with Gasteiger partial charge in [-0.05, 0) is 49.3 Å². The van der Waals surface area contributed by atoms with E-state index in [0.29, 0.717) is 11.5 Å². The van der Waals surface area contributed by atoms with E-state index >= 15 is 0 Å². The highest BCUT2D eigenvalue weighted by atomic mass is 19.3. The zero-order valence-corrected chi connectivity index (χ0v) is 12.3. The van der Waals surface area contributed by atoms with E-state index in [1.54, 1.807) is 12.1 Å². The Morgan fingerprint density at radius 1 is 1.25 bits per heavy atom. The molecule has 1 aliphatic rings. The van der Waals surface area contributed by atoms with Crippen molar-refractivity contribution in [2.45, 2.75) is 58.7 Å². The Morgan fingerprint density at radius 2 is 1.90 bits per heavy atom. The Bertz CT molecular complexity index is 431. The number of benzene rings is 1. The first-order valence-electron chi connectivity index (χ1n) is 7.16. The summed E-state index contributed by atoms with van der Waals surface area (Å²) in [6, 6.07) is 7.63. The smallest absolute Gasteiger partial charge is 0.387 e. The molecule has 4 heteroatoms. The van der Waals surface area contributed by atoms with E-state index in [0.717, 1.165) is 5.56 Å². The number of halogens is 2. The largest absolute Gasteiger partial charge is 0.435 e. The van der Waals surface area contributed by atoms with Crippen LogP contribution in [0.4, 0.5) is 8.78 Å². The minimum Gasteiger partial charge on any atom is -0.435 e. The molecule has 0 aromatic heterocycles. The van der Waals surface area contributed by atoms with Crippen molar-refractivity contribution in [2.75, 3.05) is 0 Å². The molecule has 1 aromatic carbocycles. The number of hydrogen-bond donors (Lipinski definition) is 1. The average Bonchev–Trinajstić information content (AvgIpc) is 2.68. The third-order valence-electron chi connectivity index (χ3n) is 4.06. The Morgan fingerprint density at radius 3 is 2.40 bits per heavy atom. The Hall–Kier alpha value is -1.16. The first-order chi connectivity index (χ1) is 9.35. The lowest BCUT2D eigenvalue weighted by Gasteiger charge is -2.22. The van der Waals surface area contributed by atoms with Crippen LogP contribution in [-0.4, -0.2) is 12.7 Å². The van der Waals surface area contributed by atoms with E-state index in [-0.39, 0.29) is 11.8 Å². The van der Waals surface area contributed by atoms with Crippen LogP contribution in [-0.2, 0) is 0 Å². The highest BCUT2D eigenvalue weighted by molar-refractivity contribution is 5.29. The molecule has 2 atom stereocenters. The van der Waals surface area contributed by atoms with Gasteiger partial charge >= 0.3 is 6.61 Å². The number of rotatable bonds is 5. The molecule has 20 heavy (non-hydrogen) atoms. The topological polar surface area (TPSA) is 21.3 Å². The average molecular weight is 283 g/mol. The van der Waals surface area contributed by atoms with Gasteiger partial charge in [-0.1, -0.05) is 26.0 Å². The highest BCUT2D eigenvalue weighted by Crippen LogP contribution is 2.37. The number of hydrogen-bond acceptors (Lipinski definition) is 2. The van der Waals surface area contributed by atoms with Crippen LogP contribution in [0.25, 0.3) is 0 Å². The maximum Gasteiger partial charge on any atom is 0.387 e. The van der Waals surface area contributed by atoms with Crippen molar-refractivity contribution < 1.29 is 13.5 Å². The van der Waals surface area contributed by atoms with Gasteiger partial charge in [0.25, 0.3) is 0 Å². The number of alkyl halides is 2. The summed E-state index contributed by atoms with van der Waals surface area (Å²) < 4.78 is 28.5. The van der Waals surface area contributed by atoms with Crippen LogP contribution >= 0.6 is 0 Å². The molecule has 1 fully saturated rings. The van der Waals surface area contributed by atoms with Gasteiger partial charge < -0.3 is 10.1 Å². The van der Waals surface area contributed by atoms with Crippen molar-refractivity contribution >= 4 is 0 Å². The maximum absolute atomic E-state index is 12.1. The van der Waals surface area contributed by atoms with E-state index in [1.165, 1.54) is 19.3 Å². The fraction of sp³-hybridized carbons (Fsp3) is 0.625. The van der Waals surface area contributed by atoms with Crippen molar-refractivity contribution in [1.29, 1.82) is 0 Å². The molecule has 1 aliphatic carbocycles. The van der Waals surface area contributed by atoms with Crippen LogP contribution in [0.3, 0.4) is 0 Å². The van der Waals surface area contributed by atoms with Gasteiger partial charge in [-0.15, -0.1) is 0 Å². The molecule has 0 amide bonds. The molecular weight excluding hydrogens is 260 g/mol. The van der Waals surface area contributed by atoms with E-state index in [2.05, 4.69) is 30.8 Å². The molecule has 0 saturated heterocycles. The molecule has 2 unspecified atom stereocenters. The quantitative estimate of drug-likeness (QED) is 0.858. The minimum atomic E-state index is -2.77. The molecule has 112 valence electrons. The summed E-state index contributed by atoms with van der Waals surface area (Å²) in [5.74, 6) is 0.206. The van der Waals surface area contributed by atoms with Crippen molar-refractivity contribution in [2.24, 2.45) is 5.41 Å². The van der Waals surface area contributed by atoms with Crippen LogP contribution in [0.5, 0.6) is 5.75 Å². The van der Waals surface area contributed by atoms with Gasteiger partial charge in [0.2, 0.25) is 0 Å². The van der Waals surface area contributed by atoms with Gasteiger partial charge in [-0.25, -0.2) is 0 Å². The van der Waals surface area contributed by atoms with Crippen LogP contribution in [0.1, 0.15) is 51.6 Å². The van der Waals surface area contributed by atoms with Crippen LogP contribution in [0.15, 0.2) is 24.3 Å². The standard InChI is InChI=1S/C16H23F2NO/c1-11(19-13-8-9-16(2,3)10-13)12-4-6-14(7-5-12)20-15(17)18/h4-7,11,13,15,19H,8-10H2,1-3H3. The SMILES string of the molecule is CC(NC1CCC(C)(C)C1)c1ccc(OC(F)F)cc1. The van der Waals surface area contributed by atoms with Gasteiger partial charge in [0.15, 0.2) is 0 Å². The van der Waals surface area contributed by atoms with Crippen molar-refractivity contribution in [1.82, 2.24) is 5.32 Å². The summed E-state index contributed by atoms with van der Waals surface area (Å²) in [5.41, 5.74) is 1.52. The zero-order chi connectivity index (χ0) is 14.8. The van der Waals surface area contributed by atoms with Crippen molar-refractivity contribution in [3.63, 3.8) is 0 Å². The predicted molar refractivity (Wildman–Crippen MR) is 76.0 cm³/mol.